The third-order valence-electron chi connectivity index (χ3n) is 4.12. The summed E-state index contributed by atoms with van der Waals surface area (Å²) >= 11 is 0. The molecule has 2 atom stereocenters. The number of hydrogen-bond donors (Lipinski definition) is 1. The molecule has 0 heterocycles. The lowest BCUT2D eigenvalue weighted by Gasteiger charge is -2.24. The molecule has 0 aromatic heterocycles. The predicted octanol–water partition coefficient (Wildman–Crippen LogP) is 3.75. The smallest absolute Gasteiger partial charge is 0.234 e. The van der Waals surface area contributed by atoms with Gasteiger partial charge in [-0.3, -0.25) is 9.59 Å². The van der Waals surface area contributed by atoms with Gasteiger partial charge in [-0.2, -0.15) is 0 Å². The van der Waals surface area contributed by atoms with Gasteiger partial charge in [-0.25, -0.2) is 0 Å². The van der Waals surface area contributed by atoms with Crippen LogP contribution in [-0.2, 0) is 9.59 Å². The van der Waals surface area contributed by atoms with Gasteiger partial charge in [0.25, 0.3) is 0 Å². The number of carbonyl (C=O) groups excluding carboxylic acids is 2. The second-order valence-corrected chi connectivity index (χ2v) is 6.05. The fraction of sp³-hybridized carbons (Fsp3) is 0.529. The lowest BCUT2D eigenvalue weighted by Crippen LogP contribution is -2.36. The summed E-state index contributed by atoms with van der Waals surface area (Å²) in [4.78, 5) is 24.2. The molecule has 1 aromatic rings. The van der Waals surface area contributed by atoms with Crippen molar-refractivity contribution >= 4 is 17.4 Å². The Balaban J connectivity index is 2.02. The van der Waals surface area contributed by atoms with Crippen molar-refractivity contribution in [1.82, 2.24) is 0 Å². The predicted molar refractivity (Wildman–Crippen MR) is 80.7 cm³/mol. The highest BCUT2D eigenvalue weighted by atomic mass is 16.2. The quantitative estimate of drug-likeness (QED) is 0.852. The van der Waals surface area contributed by atoms with Crippen LogP contribution in [0.15, 0.2) is 24.3 Å². The van der Waals surface area contributed by atoms with Gasteiger partial charge in [0.05, 0.1) is 5.92 Å². The van der Waals surface area contributed by atoms with Gasteiger partial charge in [-0.1, -0.05) is 39.3 Å². The van der Waals surface area contributed by atoms with Crippen molar-refractivity contribution in [3.8, 4) is 0 Å². The minimum atomic E-state index is -0.469. The molecule has 1 saturated carbocycles. The molecule has 0 saturated heterocycles. The molecule has 1 aliphatic carbocycles. The largest absolute Gasteiger partial charge is 0.325 e. The number of ketones is 1. The van der Waals surface area contributed by atoms with Crippen LogP contribution in [-0.4, -0.2) is 11.7 Å². The molecule has 3 heteroatoms. The summed E-state index contributed by atoms with van der Waals surface area (Å²) in [6, 6.07) is 7.85. The molecular formula is C17H23NO2. The highest BCUT2D eigenvalue weighted by Gasteiger charge is 2.33. The molecule has 1 fully saturated rings. The van der Waals surface area contributed by atoms with Crippen LogP contribution in [0.25, 0.3) is 0 Å². The molecule has 1 aliphatic rings. The molecular weight excluding hydrogens is 250 g/mol. The Morgan fingerprint density at radius 1 is 1.20 bits per heavy atom. The lowest BCUT2D eigenvalue weighted by molar-refractivity contribution is -0.135. The molecule has 0 spiro atoms. The molecule has 0 aliphatic heterocycles. The third kappa shape index (κ3) is 3.27. The molecule has 108 valence electrons. The highest BCUT2D eigenvalue weighted by Crippen LogP contribution is 2.26. The minimum Gasteiger partial charge on any atom is -0.325 e. The Morgan fingerprint density at radius 3 is 2.45 bits per heavy atom. The van der Waals surface area contributed by atoms with E-state index in [9.17, 15) is 9.59 Å². The summed E-state index contributed by atoms with van der Waals surface area (Å²) in [7, 11) is 0. The summed E-state index contributed by atoms with van der Waals surface area (Å²) in [5.74, 6) is -0.0433. The van der Waals surface area contributed by atoms with Gasteiger partial charge in [0.1, 0.15) is 5.78 Å². The van der Waals surface area contributed by atoms with Gasteiger partial charge in [0.15, 0.2) is 0 Å². The van der Waals surface area contributed by atoms with Crippen LogP contribution in [0.3, 0.4) is 0 Å². The first-order valence-electron chi connectivity index (χ1n) is 7.43. The zero-order chi connectivity index (χ0) is 14.7. The van der Waals surface area contributed by atoms with E-state index in [1.165, 1.54) is 5.56 Å². The summed E-state index contributed by atoms with van der Waals surface area (Å²) in [6.07, 6.45) is 2.54. The van der Waals surface area contributed by atoms with Gasteiger partial charge >= 0.3 is 0 Å². The molecule has 2 unspecified atom stereocenters. The number of rotatable bonds is 3. The first kappa shape index (κ1) is 14.8. The van der Waals surface area contributed by atoms with E-state index in [2.05, 4.69) is 19.2 Å². The summed E-state index contributed by atoms with van der Waals surface area (Å²) < 4.78 is 0. The normalized spacial score (nSPS) is 22.9. The van der Waals surface area contributed by atoms with Crippen molar-refractivity contribution < 1.29 is 9.59 Å². The van der Waals surface area contributed by atoms with E-state index in [-0.39, 0.29) is 17.6 Å². The van der Waals surface area contributed by atoms with E-state index in [1.54, 1.807) is 0 Å². The maximum absolute atomic E-state index is 12.2. The van der Waals surface area contributed by atoms with E-state index < -0.39 is 5.92 Å². The first-order valence-corrected chi connectivity index (χ1v) is 7.43. The Bertz CT molecular complexity index is 490. The molecule has 1 N–H and O–H groups in total. The Labute approximate surface area is 120 Å². The van der Waals surface area contributed by atoms with Crippen molar-refractivity contribution in [3.63, 3.8) is 0 Å². The van der Waals surface area contributed by atoms with Crippen LogP contribution in [0.4, 0.5) is 5.69 Å². The topological polar surface area (TPSA) is 46.2 Å². The molecule has 0 bridgehead atoms. The molecule has 2 rings (SSSR count). The van der Waals surface area contributed by atoms with Gasteiger partial charge in [-0.05, 0) is 36.5 Å². The highest BCUT2D eigenvalue weighted by molar-refractivity contribution is 6.08. The summed E-state index contributed by atoms with van der Waals surface area (Å²) in [5.41, 5.74) is 2.01. The number of Topliss-reactive ketones (excluding diaryl/α,β-unsaturated/α-hetero) is 1. The van der Waals surface area contributed by atoms with Crippen molar-refractivity contribution in [2.75, 3.05) is 5.32 Å². The van der Waals surface area contributed by atoms with Crippen LogP contribution in [0, 0.1) is 11.8 Å². The summed E-state index contributed by atoms with van der Waals surface area (Å²) in [5, 5.41) is 2.87. The first-order chi connectivity index (χ1) is 9.49. The fourth-order valence-electron chi connectivity index (χ4n) is 2.70. The van der Waals surface area contributed by atoms with Gasteiger partial charge in [0.2, 0.25) is 5.91 Å². The maximum Gasteiger partial charge on any atom is 0.234 e. The van der Waals surface area contributed by atoms with E-state index in [4.69, 9.17) is 0 Å². The van der Waals surface area contributed by atoms with Crippen molar-refractivity contribution in [1.29, 1.82) is 0 Å². The third-order valence-corrected chi connectivity index (χ3v) is 4.12. The van der Waals surface area contributed by atoms with Crippen LogP contribution >= 0.6 is 0 Å². The van der Waals surface area contributed by atoms with Crippen LogP contribution in [0.5, 0.6) is 0 Å². The average Bonchev–Trinajstić information content (AvgIpc) is 2.42. The van der Waals surface area contributed by atoms with Gasteiger partial charge in [0, 0.05) is 11.6 Å². The van der Waals surface area contributed by atoms with E-state index in [1.807, 2.05) is 31.2 Å². The lowest BCUT2D eigenvalue weighted by atomic mass is 9.80. The molecule has 20 heavy (non-hydrogen) atoms. The Hall–Kier alpha value is -1.64. The SMILES string of the molecule is CC1CCCC(C(=O)Nc2ccc(C(C)C)cc2)C1=O. The van der Waals surface area contributed by atoms with Crippen molar-refractivity contribution in [2.24, 2.45) is 11.8 Å². The number of carbonyl (C=O) groups is 2. The molecule has 1 amide bonds. The minimum absolute atomic E-state index is 0.0165. The number of benzene rings is 1. The molecule has 1 aromatic carbocycles. The zero-order valence-electron chi connectivity index (χ0n) is 12.5. The number of amides is 1. The van der Waals surface area contributed by atoms with Crippen molar-refractivity contribution in [2.45, 2.75) is 46.0 Å². The summed E-state index contributed by atoms with van der Waals surface area (Å²) in [6.45, 7) is 6.19. The van der Waals surface area contributed by atoms with Gasteiger partial charge < -0.3 is 5.32 Å². The van der Waals surface area contributed by atoms with Crippen LogP contribution < -0.4 is 5.32 Å². The average molecular weight is 273 g/mol. The second-order valence-electron chi connectivity index (χ2n) is 6.05. The van der Waals surface area contributed by atoms with E-state index in [0.29, 0.717) is 12.3 Å². The van der Waals surface area contributed by atoms with E-state index >= 15 is 0 Å². The Kier molecular flexibility index (Phi) is 4.58. The maximum atomic E-state index is 12.2. The van der Waals surface area contributed by atoms with Gasteiger partial charge in [-0.15, -0.1) is 0 Å². The Morgan fingerprint density at radius 2 is 1.85 bits per heavy atom. The molecule has 3 nitrogen and oxygen atoms in total. The van der Waals surface area contributed by atoms with Crippen LogP contribution in [0.1, 0.15) is 51.5 Å². The van der Waals surface area contributed by atoms with E-state index in [0.717, 1.165) is 18.5 Å². The number of hydrogen-bond acceptors (Lipinski definition) is 2. The fourth-order valence-corrected chi connectivity index (χ4v) is 2.70. The number of nitrogens with one attached hydrogen (secondary N) is 1. The van der Waals surface area contributed by atoms with Crippen LogP contribution in [0.2, 0.25) is 0 Å². The standard InChI is InChI=1S/C17H23NO2/c1-11(2)13-7-9-14(10-8-13)18-17(20)15-6-4-5-12(3)16(15)19/h7-12,15H,4-6H2,1-3H3,(H,18,20). The monoisotopic (exact) mass is 273 g/mol. The second kappa shape index (κ2) is 6.21. The number of anilines is 1. The zero-order valence-corrected chi connectivity index (χ0v) is 12.5. The van der Waals surface area contributed by atoms with Crippen molar-refractivity contribution in [3.05, 3.63) is 29.8 Å². The molecule has 0 radical (unpaired) electrons.